The van der Waals surface area contributed by atoms with Crippen molar-refractivity contribution in [3.05, 3.63) is 187 Å². The monoisotopic (exact) mass is 2120 g/mol. The van der Waals surface area contributed by atoms with Gasteiger partial charge in [0.2, 0.25) is 0 Å². The number of rotatable bonds is 0. The molecule has 92 heavy (non-hydrogen) atoms. The molecule has 0 fully saturated rings. The number of H-pyrrole nitrogens is 10. The fraction of sp³-hybridized carbons (Fsp3) is 0. The fourth-order valence-electron chi connectivity index (χ4n) is 2.15. The van der Waals surface area contributed by atoms with Crippen LogP contribution in [0.4, 0.5) is 0 Å². The van der Waals surface area contributed by atoms with E-state index in [-0.39, 0.29) is 383 Å². The van der Waals surface area contributed by atoms with Gasteiger partial charge >= 0.3 is 39.0 Å². The third-order valence-corrected chi connectivity index (χ3v) is 4.06. The van der Waals surface area contributed by atoms with Gasteiger partial charge < -0.3 is 225 Å². The van der Waals surface area contributed by atoms with E-state index in [2.05, 4.69) is 99.7 Å². The number of aromatic nitrogens is 20. The third-order valence-electron chi connectivity index (χ3n) is 4.06. The Morgan fingerprint density at radius 1 is 0.130 bits per heavy atom. The quantitative estimate of drug-likeness (QED) is 0.0657. The summed E-state index contributed by atoms with van der Waals surface area (Å²) >= 11 is 0. The van der Waals surface area contributed by atoms with E-state index in [0.29, 0.717) is 0 Å². The second-order valence-corrected chi connectivity index (χ2v) is 7.61. The van der Waals surface area contributed by atoms with Gasteiger partial charge in [0.05, 0.1) is 63.3 Å². The molecule has 0 atom stereocenters. The topological polar surface area (TPSA) is 1220 Å². The van der Waals surface area contributed by atoms with Crippen molar-refractivity contribution in [3.8, 4) is 0 Å². The number of hydrogen-bond donors (Lipinski definition) is 10. The molecule has 0 aliphatic carbocycles. The largest absolute Gasteiger partial charge is 2.00 e. The molecule has 10 aromatic heterocycles. The zero-order chi connectivity index (χ0) is 35.4. The van der Waals surface area contributed by atoms with Gasteiger partial charge in [-0.1, -0.05) is 0 Å². The van der Waals surface area contributed by atoms with E-state index >= 15 is 0 Å². The van der Waals surface area contributed by atoms with Gasteiger partial charge in [-0.3, -0.25) is 0 Å². The van der Waals surface area contributed by atoms with Gasteiger partial charge in [0.15, 0.2) is 0 Å². The van der Waals surface area contributed by atoms with E-state index in [9.17, 15) is 0 Å². The molecule has 0 aromatic carbocycles. The Morgan fingerprint density at radius 3 is 0.196 bits per heavy atom. The van der Waals surface area contributed by atoms with Crippen molar-refractivity contribution in [1.29, 1.82) is 0 Å². The number of nitrogens with zero attached hydrogens (tertiary/aromatic N) is 10. The normalized spacial score (nSPS) is 4.35. The first-order chi connectivity index (χ1) is 25.0. The molecular weight excluding hydrogens is 2050 g/mol. The van der Waals surface area contributed by atoms with Crippen LogP contribution in [0.25, 0.3) is 0 Å². The SMILES string of the molecule is O.O.O.O.O.O.[Mo].[Mo].[Mo].[Mo].[Mo].[Mo].[Mo].[Mo].[O-2].[O-2].[O-2].[O-2].[O-2].[O-2].[O-2].[O-2].[O-2].[O-2].[O-2].[O-2].[O-2].[O-2].[O-2].[O-2].[O-2].[O-2].[O-2].[O-2].[O-2].[O-2].[O-2].[O-2].[O-2].[O-2].[Zn+2].[Zn+2].c1c[nH]cn1.c1c[nH]cn1.c1c[nH]cn1.c1c[nH]cn1.c1c[nH]cn1.c1c[nH]cn1.c1c[nH]cn1.c1c[nH]cn1.c1c[nH]cn1.c1c[nH]cn1. The number of hydrogen-bond acceptors (Lipinski definition) is 10. The van der Waals surface area contributed by atoms with E-state index in [0.717, 1.165) is 0 Å². The third kappa shape index (κ3) is 290. The van der Waals surface area contributed by atoms with Crippen LogP contribution >= 0.6 is 0 Å². The number of imidazole rings is 10. The van der Waals surface area contributed by atoms with Gasteiger partial charge in [0, 0.05) is 292 Å². The summed E-state index contributed by atoms with van der Waals surface area (Å²) < 4.78 is 0. The molecular formula is C30H52Mo8N20O32Zn2-48. The zero-order valence-electron chi connectivity index (χ0n) is 45.1. The van der Waals surface area contributed by atoms with Gasteiger partial charge in [0.25, 0.3) is 0 Å². The minimum atomic E-state index is 0. The summed E-state index contributed by atoms with van der Waals surface area (Å²) in [7, 11) is 0. The Balaban J connectivity index is -0.00000000718. The van der Waals surface area contributed by atoms with Crippen LogP contribution in [-0.4, -0.2) is 133 Å². The molecule has 0 aliphatic heterocycles. The van der Waals surface area contributed by atoms with E-state index < -0.39 is 0 Å². The molecule has 0 saturated carbocycles. The van der Waals surface area contributed by atoms with Crippen molar-refractivity contribution in [3.63, 3.8) is 0 Å². The molecule has 0 unspecified atom stereocenters. The Kier molecular flexibility index (Phi) is 1010. The van der Waals surface area contributed by atoms with Crippen molar-refractivity contribution in [2.45, 2.75) is 0 Å². The maximum atomic E-state index is 3.67. The molecule has 0 amide bonds. The van der Waals surface area contributed by atoms with Crippen molar-refractivity contribution in [2.24, 2.45) is 0 Å². The zero-order valence-corrected chi connectivity index (χ0v) is 67.1. The van der Waals surface area contributed by atoms with Crippen LogP contribution in [0.15, 0.2) is 187 Å². The molecule has 0 bridgehead atoms. The van der Waals surface area contributed by atoms with Crippen LogP contribution in [0, 0.1) is 0 Å². The molecule has 10 rings (SSSR count). The molecule has 10 aromatic rings. The molecule has 10 heterocycles. The second-order valence-electron chi connectivity index (χ2n) is 7.61. The van der Waals surface area contributed by atoms with Gasteiger partial charge in [-0.15, -0.1) is 0 Å². The summed E-state index contributed by atoms with van der Waals surface area (Å²) in [6.45, 7) is 0. The second kappa shape index (κ2) is 300. The van der Waals surface area contributed by atoms with Crippen molar-refractivity contribution in [1.82, 2.24) is 99.7 Å². The molecule has 564 valence electrons. The molecule has 22 N–H and O–H groups in total. The van der Waals surface area contributed by atoms with E-state index in [4.69, 9.17) is 0 Å². The average Bonchev–Trinajstić information content (AvgIpc) is 4.08. The van der Waals surface area contributed by atoms with Gasteiger partial charge in [-0.25, -0.2) is 49.8 Å². The summed E-state index contributed by atoms with van der Waals surface area (Å²) in [5.74, 6) is 0. The van der Waals surface area contributed by atoms with Crippen LogP contribution in [0.1, 0.15) is 0 Å². The molecule has 0 saturated heterocycles. The minimum Gasteiger partial charge on any atom is -2.00 e. The van der Waals surface area contributed by atoms with Gasteiger partial charge in [-0.2, -0.15) is 0 Å². The van der Waals surface area contributed by atoms with Crippen molar-refractivity contribution < 1.29 is 383 Å². The summed E-state index contributed by atoms with van der Waals surface area (Å²) in [4.78, 5) is 64.2. The van der Waals surface area contributed by atoms with Crippen LogP contribution in [0.2, 0.25) is 0 Å². The summed E-state index contributed by atoms with van der Waals surface area (Å²) in [6.07, 6.45) is 50.8. The van der Waals surface area contributed by atoms with E-state index in [1.807, 2.05) is 0 Å². The summed E-state index contributed by atoms with van der Waals surface area (Å²) in [5, 5.41) is 0. The molecule has 52 nitrogen and oxygen atoms in total. The van der Waals surface area contributed by atoms with Crippen LogP contribution < -0.4 is 0 Å². The Bertz CT molecular complexity index is 1180. The predicted octanol–water partition coefficient (Wildman–Crippen LogP) is -3.96. The maximum absolute atomic E-state index is 3.67. The van der Waals surface area contributed by atoms with Crippen LogP contribution in [0.3, 0.4) is 0 Å². The van der Waals surface area contributed by atoms with Crippen LogP contribution in [0.5, 0.6) is 0 Å². The predicted molar refractivity (Wildman–Crippen MR) is 225 cm³/mol. The molecule has 0 aliphatic rings. The van der Waals surface area contributed by atoms with Crippen molar-refractivity contribution in [2.75, 3.05) is 0 Å². The maximum Gasteiger partial charge on any atom is 2.00 e. The van der Waals surface area contributed by atoms with E-state index in [1.54, 1.807) is 187 Å². The van der Waals surface area contributed by atoms with E-state index in [1.165, 1.54) is 0 Å². The van der Waals surface area contributed by atoms with Gasteiger partial charge in [0.1, 0.15) is 0 Å². The molecule has 62 heteroatoms. The Hall–Kier alpha value is -2.43. The fourth-order valence-corrected chi connectivity index (χ4v) is 2.15. The smallest absolute Gasteiger partial charge is 2.00 e. The Labute approximate surface area is 663 Å². The van der Waals surface area contributed by atoms with Gasteiger partial charge in [-0.05, 0) is 0 Å². The minimum absolute atomic E-state index is 0. The average molecular weight is 2100 g/mol. The summed E-state index contributed by atoms with van der Waals surface area (Å²) in [5.41, 5.74) is 0. The molecule has 0 radical (unpaired) electrons. The van der Waals surface area contributed by atoms with Crippen LogP contribution in [-0.2, 0) is 350 Å². The first-order valence-electron chi connectivity index (χ1n) is 14.3. The first-order valence-corrected chi connectivity index (χ1v) is 14.3. The summed E-state index contributed by atoms with van der Waals surface area (Å²) in [6, 6.07) is 0. The number of nitrogens with one attached hydrogen (secondary N) is 10. The standard InChI is InChI=1S/10C3H4N2.8Mo.6H2O.26O.2Zn/c10*1-2-5-3-4-1;;;;;;;;;;;;;;;;;;;;;;;;;;;;;;;;;;;;;;;;;;/h10*1-3H,(H,4,5);;;;;;;;;6*1H2;;;;;;;;;;;;;;;;;;;;;;;;;;;;/q;;;;;;;;;;;;;;;;;;;;;;;;26*-2;2*+2. The molecule has 0 spiro atoms. The Morgan fingerprint density at radius 2 is 0.185 bits per heavy atom. The van der Waals surface area contributed by atoms with Crippen molar-refractivity contribution >= 4 is 0 Å². The first kappa shape index (κ1) is 310. The number of aromatic amines is 10.